The van der Waals surface area contributed by atoms with Gasteiger partial charge in [0.2, 0.25) is 0 Å². The quantitative estimate of drug-likeness (QED) is 0.324. The molecule has 7 nitrogen and oxygen atoms in total. The van der Waals surface area contributed by atoms with Crippen molar-refractivity contribution in [3.05, 3.63) is 64.7 Å². The van der Waals surface area contributed by atoms with E-state index in [1.54, 1.807) is 0 Å². The third-order valence-electron chi connectivity index (χ3n) is 8.22. The number of carboxylic acids is 1. The third-order valence-corrected chi connectivity index (χ3v) is 8.22. The first-order chi connectivity index (χ1) is 18.9. The van der Waals surface area contributed by atoms with Crippen molar-refractivity contribution in [2.24, 2.45) is 5.92 Å². The summed E-state index contributed by atoms with van der Waals surface area (Å²) in [5, 5.41) is 12.7. The van der Waals surface area contributed by atoms with Gasteiger partial charge in [0.15, 0.2) is 0 Å². The van der Waals surface area contributed by atoms with E-state index in [0.29, 0.717) is 30.2 Å². The maximum atomic E-state index is 13.3. The first kappa shape index (κ1) is 29.1. The summed E-state index contributed by atoms with van der Waals surface area (Å²) in [5.74, 6) is -0.369. The SMILES string of the molecule is Cc1ccccc1NC(=O)N(CCOC1CCCC(OCc2cccc(C)c2C(=O)O)C1)CC1CCCCC1. The number of nitrogens with zero attached hydrogens (tertiary/aromatic N) is 1. The van der Waals surface area contributed by atoms with Crippen LogP contribution in [-0.2, 0) is 16.1 Å². The van der Waals surface area contributed by atoms with Crippen LogP contribution in [-0.4, -0.2) is 53.9 Å². The fourth-order valence-corrected chi connectivity index (χ4v) is 5.96. The Bertz CT molecular complexity index is 1100. The van der Waals surface area contributed by atoms with Crippen molar-refractivity contribution in [3.63, 3.8) is 0 Å². The van der Waals surface area contributed by atoms with Gasteiger partial charge in [0.25, 0.3) is 0 Å². The maximum Gasteiger partial charge on any atom is 0.336 e. The highest BCUT2D eigenvalue weighted by atomic mass is 16.5. The molecule has 2 N–H and O–H groups in total. The number of aryl methyl sites for hydroxylation is 2. The molecule has 2 unspecified atom stereocenters. The number of rotatable bonds is 11. The van der Waals surface area contributed by atoms with Crippen molar-refractivity contribution in [1.29, 1.82) is 0 Å². The van der Waals surface area contributed by atoms with Gasteiger partial charge >= 0.3 is 12.0 Å². The lowest BCUT2D eigenvalue weighted by molar-refractivity contribution is -0.0526. The minimum atomic E-state index is -0.916. The van der Waals surface area contributed by atoms with E-state index in [4.69, 9.17) is 9.47 Å². The summed E-state index contributed by atoms with van der Waals surface area (Å²) >= 11 is 0. The minimum absolute atomic E-state index is 0.0357. The Hall–Kier alpha value is -2.90. The largest absolute Gasteiger partial charge is 0.478 e. The van der Waals surface area contributed by atoms with E-state index in [0.717, 1.165) is 49.0 Å². The van der Waals surface area contributed by atoms with Crippen LogP contribution in [0.25, 0.3) is 0 Å². The molecule has 2 aliphatic carbocycles. The molecule has 2 amide bonds. The normalized spacial score (nSPS) is 19.9. The van der Waals surface area contributed by atoms with Crippen LogP contribution in [0.5, 0.6) is 0 Å². The number of carboxylic acid groups (broad SMARTS) is 1. The van der Waals surface area contributed by atoms with Gasteiger partial charge in [0, 0.05) is 18.8 Å². The average Bonchev–Trinajstić information content (AvgIpc) is 2.93. The van der Waals surface area contributed by atoms with Crippen molar-refractivity contribution >= 4 is 17.7 Å². The molecule has 0 saturated heterocycles. The van der Waals surface area contributed by atoms with Gasteiger partial charge in [0.05, 0.1) is 31.0 Å². The summed E-state index contributed by atoms with van der Waals surface area (Å²) in [5.41, 5.74) is 3.70. The van der Waals surface area contributed by atoms with Crippen LogP contribution in [0.3, 0.4) is 0 Å². The van der Waals surface area contributed by atoms with Gasteiger partial charge < -0.3 is 24.8 Å². The molecular formula is C32H44N2O5. The third kappa shape index (κ3) is 8.54. The number of nitrogens with one attached hydrogen (secondary N) is 1. The van der Waals surface area contributed by atoms with Crippen LogP contribution in [0.15, 0.2) is 42.5 Å². The Morgan fingerprint density at radius 1 is 0.897 bits per heavy atom. The van der Waals surface area contributed by atoms with Crippen molar-refractivity contribution in [3.8, 4) is 0 Å². The molecule has 4 rings (SSSR count). The molecule has 0 bridgehead atoms. The number of urea groups is 1. The zero-order valence-electron chi connectivity index (χ0n) is 23.5. The number of para-hydroxylation sites is 1. The number of carbonyl (C=O) groups excluding carboxylic acids is 1. The second kappa shape index (κ2) is 14.5. The number of anilines is 1. The second-order valence-corrected chi connectivity index (χ2v) is 11.2. The van der Waals surface area contributed by atoms with E-state index in [-0.39, 0.29) is 24.8 Å². The Labute approximate surface area is 232 Å². The Morgan fingerprint density at radius 3 is 2.36 bits per heavy atom. The molecule has 7 heteroatoms. The predicted octanol–water partition coefficient (Wildman–Crippen LogP) is 6.96. The first-order valence-electron chi connectivity index (χ1n) is 14.6. The average molecular weight is 537 g/mol. The molecule has 2 aliphatic rings. The van der Waals surface area contributed by atoms with Crippen molar-refractivity contribution in [2.75, 3.05) is 25.0 Å². The van der Waals surface area contributed by atoms with E-state index < -0.39 is 5.97 Å². The molecule has 0 heterocycles. The highest BCUT2D eigenvalue weighted by Crippen LogP contribution is 2.27. The van der Waals surface area contributed by atoms with Crippen LogP contribution in [0.1, 0.15) is 84.8 Å². The van der Waals surface area contributed by atoms with Crippen molar-refractivity contribution in [1.82, 2.24) is 4.90 Å². The van der Waals surface area contributed by atoms with E-state index in [1.165, 1.54) is 32.1 Å². The number of ether oxygens (including phenoxy) is 2. The van der Waals surface area contributed by atoms with Crippen molar-refractivity contribution in [2.45, 2.75) is 90.4 Å². The monoisotopic (exact) mass is 536 g/mol. The molecule has 39 heavy (non-hydrogen) atoms. The minimum Gasteiger partial charge on any atom is -0.478 e. The van der Waals surface area contributed by atoms with E-state index in [1.807, 2.05) is 61.2 Å². The summed E-state index contributed by atoms with van der Waals surface area (Å²) in [6.45, 7) is 5.92. The number of carbonyl (C=O) groups is 2. The molecule has 212 valence electrons. The Balaban J connectivity index is 1.29. The lowest BCUT2D eigenvalue weighted by Crippen LogP contribution is -2.41. The van der Waals surface area contributed by atoms with E-state index in [9.17, 15) is 14.7 Å². The second-order valence-electron chi connectivity index (χ2n) is 11.2. The first-order valence-corrected chi connectivity index (χ1v) is 14.6. The van der Waals surface area contributed by atoms with Gasteiger partial charge in [-0.05, 0) is 81.0 Å². The molecule has 2 saturated carbocycles. The van der Waals surface area contributed by atoms with E-state index >= 15 is 0 Å². The lowest BCUT2D eigenvalue weighted by Gasteiger charge is -2.32. The van der Waals surface area contributed by atoms with Gasteiger partial charge in [-0.1, -0.05) is 55.7 Å². The van der Waals surface area contributed by atoms with Gasteiger partial charge in [-0.2, -0.15) is 0 Å². The molecule has 2 fully saturated rings. The smallest absolute Gasteiger partial charge is 0.336 e. The predicted molar refractivity (Wildman–Crippen MR) is 153 cm³/mol. The lowest BCUT2D eigenvalue weighted by atomic mass is 9.89. The van der Waals surface area contributed by atoms with Crippen LogP contribution >= 0.6 is 0 Å². The number of aromatic carboxylic acids is 1. The fraction of sp³-hybridized carbons (Fsp3) is 0.562. The number of hydrogen-bond acceptors (Lipinski definition) is 4. The van der Waals surface area contributed by atoms with Gasteiger partial charge in [-0.3, -0.25) is 0 Å². The number of amides is 2. The molecule has 0 aliphatic heterocycles. The number of hydrogen-bond donors (Lipinski definition) is 2. The summed E-state index contributed by atoms with van der Waals surface area (Å²) < 4.78 is 12.5. The van der Waals surface area contributed by atoms with Crippen molar-refractivity contribution < 1.29 is 24.2 Å². The summed E-state index contributed by atoms with van der Waals surface area (Å²) in [6, 6.07) is 13.3. The molecule has 2 aromatic carbocycles. The fourth-order valence-electron chi connectivity index (χ4n) is 5.96. The highest BCUT2D eigenvalue weighted by Gasteiger charge is 2.26. The van der Waals surface area contributed by atoms with Crippen LogP contribution in [0.4, 0.5) is 10.5 Å². The summed E-state index contributed by atoms with van der Waals surface area (Å²) in [6.07, 6.45) is 9.97. The summed E-state index contributed by atoms with van der Waals surface area (Å²) in [7, 11) is 0. The topological polar surface area (TPSA) is 88.1 Å². The zero-order valence-corrected chi connectivity index (χ0v) is 23.5. The van der Waals surface area contributed by atoms with Gasteiger partial charge in [0.1, 0.15) is 0 Å². The van der Waals surface area contributed by atoms with Crippen LogP contribution in [0.2, 0.25) is 0 Å². The maximum absolute atomic E-state index is 13.3. The molecule has 2 atom stereocenters. The molecule has 2 aromatic rings. The van der Waals surface area contributed by atoms with Crippen LogP contribution in [0, 0.1) is 19.8 Å². The van der Waals surface area contributed by atoms with Gasteiger partial charge in [-0.25, -0.2) is 9.59 Å². The highest BCUT2D eigenvalue weighted by molar-refractivity contribution is 5.91. The Kier molecular flexibility index (Phi) is 10.8. The number of benzene rings is 2. The van der Waals surface area contributed by atoms with E-state index in [2.05, 4.69) is 5.32 Å². The molecule has 0 aromatic heterocycles. The molecular weight excluding hydrogens is 492 g/mol. The zero-order chi connectivity index (χ0) is 27.6. The standard InChI is InChI=1S/C32H44N2O5/c1-23-10-6-7-17-29(23)33-32(37)34(21-25-12-4-3-5-13-25)18-19-38-27-15-9-16-28(20-27)39-22-26-14-8-11-24(2)30(26)31(35)36/h6-8,10-11,14,17,25,27-28H,3-5,9,12-13,15-16,18-22H2,1-2H3,(H,33,37)(H,35,36). The van der Waals surface area contributed by atoms with Gasteiger partial charge in [-0.15, -0.1) is 0 Å². The van der Waals surface area contributed by atoms with Crippen LogP contribution < -0.4 is 5.32 Å². The Morgan fingerprint density at radius 2 is 1.62 bits per heavy atom. The summed E-state index contributed by atoms with van der Waals surface area (Å²) in [4.78, 5) is 26.9. The molecule has 0 radical (unpaired) electrons. The molecule has 0 spiro atoms.